The molecule has 1 aliphatic rings. The SMILES string of the molecule is CC1CCCN(S(=O)(=O)c2ccc(NC(=O)c3cccc(F)c3)cc2)C1. The standard InChI is InChI=1S/C19H21FN2O3S/c1-14-4-3-11-22(13-14)26(24,25)18-9-7-17(8-10-18)21-19(23)15-5-2-6-16(20)12-15/h2,5-10,12,14H,3-4,11,13H2,1H3,(H,21,23). The summed E-state index contributed by atoms with van der Waals surface area (Å²) >= 11 is 0. The zero-order valence-electron chi connectivity index (χ0n) is 14.5. The molecule has 0 radical (unpaired) electrons. The zero-order valence-corrected chi connectivity index (χ0v) is 15.3. The number of piperidine rings is 1. The number of anilines is 1. The van der Waals surface area contributed by atoms with Crippen molar-refractivity contribution in [3.05, 3.63) is 59.9 Å². The Kier molecular flexibility index (Phi) is 5.38. The van der Waals surface area contributed by atoms with Gasteiger partial charge in [-0.2, -0.15) is 4.31 Å². The lowest BCUT2D eigenvalue weighted by molar-refractivity contribution is 0.102. The van der Waals surface area contributed by atoms with E-state index in [0.717, 1.165) is 18.9 Å². The number of hydrogen-bond acceptors (Lipinski definition) is 3. The normalized spacial score (nSPS) is 18.5. The summed E-state index contributed by atoms with van der Waals surface area (Å²) < 4.78 is 40.2. The molecule has 1 heterocycles. The van der Waals surface area contributed by atoms with Gasteiger partial charge in [0.15, 0.2) is 0 Å². The Hall–Kier alpha value is -2.25. The van der Waals surface area contributed by atoms with Gasteiger partial charge in [0.2, 0.25) is 10.0 Å². The lowest BCUT2D eigenvalue weighted by atomic mass is 10.0. The van der Waals surface area contributed by atoms with Gasteiger partial charge in [-0.05, 0) is 61.2 Å². The van der Waals surface area contributed by atoms with Crippen molar-refractivity contribution in [1.29, 1.82) is 0 Å². The van der Waals surface area contributed by atoms with E-state index in [4.69, 9.17) is 0 Å². The lowest BCUT2D eigenvalue weighted by Crippen LogP contribution is -2.39. The number of benzene rings is 2. The first-order valence-electron chi connectivity index (χ1n) is 8.53. The number of sulfonamides is 1. The van der Waals surface area contributed by atoms with Crippen molar-refractivity contribution in [3.8, 4) is 0 Å². The van der Waals surface area contributed by atoms with E-state index in [1.807, 2.05) is 6.92 Å². The van der Waals surface area contributed by atoms with Crippen LogP contribution in [0.3, 0.4) is 0 Å². The van der Waals surface area contributed by atoms with Gasteiger partial charge in [0.1, 0.15) is 5.82 Å². The highest BCUT2D eigenvalue weighted by Gasteiger charge is 2.28. The molecule has 0 aliphatic carbocycles. The molecule has 26 heavy (non-hydrogen) atoms. The maximum atomic E-state index is 13.2. The predicted molar refractivity (Wildman–Crippen MR) is 98.0 cm³/mol. The second kappa shape index (κ2) is 7.55. The Morgan fingerprint density at radius 3 is 2.58 bits per heavy atom. The topological polar surface area (TPSA) is 66.5 Å². The highest BCUT2D eigenvalue weighted by Crippen LogP contribution is 2.24. The van der Waals surface area contributed by atoms with Gasteiger partial charge in [-0.25, -0.2) is 12.8 Å². The molecule has 1 amide bonds. The van der Waals surface area contributed by atoms with E-state index in [-0.39, 0.29) is 10.5 Å². The number of carbonyl (C=O) groups excluding carboxylic acids is 1. The number of hydrogen-bond donors (Lipinski definition) is 1. The minimum atomic E-state index is -3.53. The van der Waals surface area contributed by atoms with Crippen molar-refractivity contribution in [2.24, 2.45) is 5.92 Å². The molecule has 0 saturated carbocycles. The summed E-state index contributed by atoms with van der Waals surface area (Å²) in [5.74, 6) is -0.594. The summed E-state index contributed by atoms with van der Waals surface area (Å²) in [6.07, 6.45) is 1.90. The van der Waals surface area contributed by atoms with Crippen LogP contribution in [0.15, 0.2) is 53.4 Å². The molecule has 1 fully saturated rings. The Balaban J connectivity index is 1.73. The number of nitrogens with zero attached hydrogens (tertiary/aromatic N) is 1. The molecule has 1 saturated heterocycles. The van der Waals surface area contributed by atoms with Gasteiger partial charge < -0.3 is 5.32 Å². The molecular formula is C19H21FN2O3S. The average molecular weight is 376 g/mol. The van der Waals surface area contributed by atoms with Crippen molar-refractivity contribution in [1.82, 2.24) is 4.31 Å². The van der Waals surface area contributed by atoms with Crippen molar-refractivity contribution in [2.45, 2.75) is 24.7 Å². The fourth-order valence-electron chi connectivity index (χ4n) is 3.06. The summed E-state index contributed by atoms with van der Waals surface area (Å²) in [7, 11) is -3.53. The van der Waals surface area contributed by atoms with E-state index in [1.165, 1.54) is 46.8 Å². The molecule has 2 aromatic rings. The van der Waals surface area contributed by atoms with E-state index in [0.29, 0.717) is 24.7 Å². The molecule has 7 heteroatoms. The lowest BCUT2D eigenvalue weighted by Gasteiger charge is -2.30. The predicted octanol–water partition coefficient (Wildman–Crippen LogP) is 3.50. The van der Waals surface area contributed by atoms with E-state index in [1.54, 1.807) is 0 Å². The summed E-state index contributed by atoms with van der Waals surface area (Å²) in [6.45, 7) is 3.11. The Labute approximate surface area is 152 Å². The van der Waals surface area contributed by atoms with Crippen molar-refractivity contribution < 1.29 is 17.6 Å². The molecule has 0 spiro atoms. The van der Waals surface area contributed by atoms with Gasteiger partial charge >= 0.3 is 0 Å². The summed E-state index contributed by atoms with van der Waals surface area (Å²) in [6, 6.07) is 11.4. The van der Waals surface area contributed by atoms with Crippen LogP contribution in [0.25, 0.3) is 0 Å². The fourth-order valence-corrected chi connectivity index (χ4v) is 4.66. The van der Waals surface area contributed by atoms with Crippen molar-refractivity contribution >= 4 is 21.6 Å². The third-order valence-corrected chi connectivity index (χ3v) is 6.34. The molecule has 1 aliphatic heterocycles. The van der Waals surface area contributed by atoms with Crippen molar-refractivity contribution in [3.63, 3.8) is 0 Å². The second-order valence-electron chi connectivity index (χ2n) is 6.60. The van der Waals surface area contributed by atoms with Crippen LogP contribution in [0.4, 0.5) is 10.1 Å². The van der Waals surface area contributed by atoms with Crippen LogP contribution < -0.4 is 5.32 Å². The van der Waals surface area contributed by atoms with Gasteiger partial charge in [-0.1, -0.05) is 13.0 Å². The van der Waals surface area contributed by atoms with Gasteiger partial charge in [-0.15, -0.1) is 0 Å². The van der Waals surface area contributed by atoms with E-state index in [9.17, 15) is 17.6 Å². The zero-order chi connectivity index (χ0) is 18.7. The van der Waals surface area contributed by atoms with Gasteiger partial charge in [0, 0.05) is 24.3 Å². The van der Waals surface area contributed by atoms with Crippen LogP contribution in [0.5, 0.6) is 0 Å². The molecule has 1 unspecified atom stereocenters. The number of nitrogens with one attached hydrogen (secondary N) is 1. The van der Waals surface area contributed by atoms with Crippen LogP contribution in [0.1, 0.15) is 30.1 Å². The minimum Gasteiger partial charge on any atom is -0.322 e. The van der Waals surface area contributed by atoms with Crippen LogP contribution >= 0.6 is 0 Å². The van der Waals surface area contributed by atoms with Crippen LogP contribution in [-0.4, -0.2) is 31.7 Å². The van der Waals surface area contributed by atoms with Crippen LogP contribution in [0.2, 0.25) is 0 Å². The third-order valence-electron chi connectivity index (χ3n) is 4.46. The molecule has 5 nitrogen and oxygen atoms in total. The van der Waals surface area contributed by atoms with Crippen LogP contribution in [0, 0.1) is 11.7 Å². The number of amides is 1. The van der Waals surface area contributed by atoms with Gasteiger partial charge in [-0.3, -0.25) is 4.79 Å². The Bertz CT molecular complexity index is 897. The molecular weight excluding hydrogens is 355 g/mol. The first-order valence-corrected chi connectivity index (χ1v) is 9.97. The number of halogens is 1. The van der Waals surface area contributed by atoms with E-state index < -0.39 is 21.7 Å². The number of carbonyl (C=O) groups is 1. The largest absolute Gasteiger partial charge is 0.322 e. The third kappa shape index (κ3) is 4.11. The molecule has 0 aromatic heterocycles. The quantitative estimate of drug-likeness (QED) is 0.888. The first kappa shape index (κ1) is 18.5. The second-order valence-corrected chi connectivity index (χ2v) is 8.54. The molecule has 2 aromatic carbocycles. The molecule has 0 bridgehead atoms. The fraction of sp³-hybridized carbons (Fsp3) is 0.316. The van der Waals surface area contributed by atoms with E-state index >= 15 is 0 Å². The monoisotopic (exact) mass is 376 g/mol. The highest BCUT2D eigenvalue weighted by molar-refractivity contribution is 7.89. The minimum absolute atomic E-state index is 0.198. The summed E-state index contributed by atoms with van der Waals surface area (Å²) in [5, 5.41) is 2.64. The van der Waals surface area contributed by atoms with Gasteiger partial charge in [0.05, 0.1) is 4.90 Å². The maximum Gasteiger partial charge on any atom is 0.255 e. The van der Waals surface area contributed by atoms with Crippen molar-refractivity contribution in [2.75, 3.05) is 18.4 Å². The molecule has 1 atom stereocenters. The molecule has 1 N–H and O–H groups in total. The summed E-state index contributed by atoms with van der Waals surface area (Å²) in [5.41, 5.74) is 0.647. The number of rotatable bonds is 4. The van der Waals surface area contributed by atoms with Gasteiger partial charge in [0.25, 0.3) is 5.91 Å². The maximum absolute atomic E-state index is 13.2. The Morgan fingerprint density at radius 1 is 1.19 bits per heavy atom. The Morgan fingerprint density at radius 2 is 1.92 bits per heavy atom. The highest BCUT2D eigenvalue weighted by atomic mass is 32.2. The summed E-state index contributed by atoms with van der Waals surface area (Å²) in [4.78, 5) is 12.3. The first-order chi connectivity index (χ1) is 12.4. The smallest absolute Gasteiger partial charge is 0.255 e. The van der Waals surface area contributed by atoms with E-state index in [2.05, 4.69) is 5.32 Å². The van der Waals surface area contributed by atoms with Crippen LogP contribution in [-0.2, 0) is 10.0 Å². The average Bonchev–Trinajstić information content (AvgIpc) is 2.62. The molecule has 138 valence electrons. The molecule has 3 rings (SSSR count).